The van der Waals surface area contributed by atoms with Crippen LogP contribution in [-0.4, -0.2) is 28.5 Å². The first kappa shape index (κ1) is 20.1. The highest BCUT2D eigenvalue weighted by Gasteiger charge is 2.36. The van der Waals surface area contributed by atoms with Gasteiger partial charge in [0, 0.05) is 12.1 Å². The second-order valence-corrected chi connectivity index (χ2v) is 9.52. The van der Waals surface area contributed by atoms with Crippen LogP contribution < -0.4 is 9.03 Å². The van der Waals surface area contributed by atoms with Crippen molar-refractivity contribution in [1.29, 1.82) is 0 Å². The molecule has 1 heterocycles. The number of hydrogen-bond donors (Lipinski definition) is 1. The summed E-state index contributed by atoms with van der Waals surface area (Å²) in [4.78, 5) is 11.5. The minimum Gasteiger partial charge on any atom is -0.280 e. The number of carbonyl (C=O) groups excluding carboxylic acids is 1. The Hall–Kier alpha value is -2.60. The van der Waals surface area contributed by atoms with E-state index >= 15 is 0 Å². The normalized spacial score (nSPS) is 17.0. The molecule has 1 amide bonds. The molecule has 0 spiro atoms. The van der Waals surface area contributed by atoms with Crippen LogP contribution in [0.25, 0.3) is 0 Å². The van der Waals surface area contributed by atoms with E-state index in [1.54, 1.807) is 0 Å². The fraction of sp³-hybridized carbons (Fsp3) is 0.188. The Balaban J connectivity index is 1.82. The van der Waals surface area contributed by atoms with Crippen molar-refractivity contribution in [3.05, 3.63) is 54.1 Å². The molecular weight excluding hydrogens is 421 g/mol. The SMILES string of the molecule is O=C1CCS(=O)(=O)N1c1ccc(S(=O)(=O)Nc2ccc(C(F)(F)F)cc2)cc1. The molecule has 2 aromatic rings. The van der Waals surface area contributed by atoms with Crippen molar-refractivity contribution in [1.82, 2.24) is 0 Å². The van der Waals surface area contributed by atoms with E-state index < -0.39 is 37.7 Å². The number of benzene rings is 2. The van der Waals surface area contributed by atoms with Gasteiger partial charge in [-0.25, -0.2) is 21.1 Å². The van der Waals surface area contributed by atoms with Gasteiger partial charge < -0.3 is 0 Å². The van der Waals surface area contributed by atoms with Crippen molar-refractivity contribution in [2.75, 3.05) is 14.8 Å². The van der Waals surface area contributed by atoms with Crippen LogP contribution in [0, 0.1) is 0 Å². The monoisotopic (exact) mass is 434 g/mol. The average molecular weight is 434 g/mol. The summed E-state index contributed by atoms with van der Waals surface area (Å²) in [5.41, 5.74) is -0.985. The number of sulfonamides is 2. The summed E-state index contributed by atoms with van der Waals surface area (Å²) < 4.78 is 89.0. The van der Waals surface area contributed by atoms with Crippen LogP contribution in [0.15, 0.2) is 53.4 Å². The first-order valence-corrected chi connectivity index (χ1v) is 10.9. The molecule has 1 fully saturated rings. The molecule has 0 aromatic heterocycles. The van der Waals surface area contributed by atoms with Gasteiger partial charge in [0.25, 0.3) is 10.0 Å². The lowest BCUT2D eigenvalue weighted by Gasteiger charge is -2.15. The van der Waals surface area contributed by atoms with E-state index in [1.807, 2.05) is 0 Å². The van der Waals surface area contributed by atoms with Gasteiger partial charge in [0.15, 0.2) is 0 Å². The third-order valence-corrected chi connectivity index (χ3v) is 7.01. The number of halogens is 3. The highest BCUT2D eigenvalue weighted by molar-refractivity contribution is 7.94. The summed E-state index contributed by atoms with van der Waals surface area (Å²) in [7, 11) is -7.90. The molecule has 0 unspecified atom stereocenters. The number of amides is 1. The number of anilines is 2. The first-order chi connectivity index (χ1) is 12.9. The van der Waals surface area contributed by atoms with Gasteiger partial charge in [-0.2, -0.15) is 13.2 Å². The van der Waals surface area contributed by atoms with Crippen molar-refractivity contribution in [2.24, 2.45) is 0 Å². The number of nitrogens with zero attached hydrogens (tertiary/aromatic N) is 1. The molecule has 7 nitrogen and oxygen atoms in total. The zero-order valence-corrected chi connectivity index (χ0v) is 15.6. The molecule has 1 aliphatic heterocycles. The van der Waals surface area contributed by atoms with E-state index in [0.29, 0.717) is 4.31 Å². The summed E-state index contributed by atoms with van der Waals surface area (Å²) in [6.07, 6.45) is -4.70. The molecule has 0 bridgehead atoms. The molecule has 2 aromatic carbocycles. The summed E-state index contributed by atoms with van der Waals surface area (Å²) in [6.45, 7) is 0. The lowest BCUT2D eigenvalue weighted by molar-refractivity contribution is -0.137. The molecule has 150 valence electrons. The van der Waals surface area contributed by atoms with E-state index in [4.69, 9.17) is 0 Å². The largest absolute Gasteiger partial charge is 0.416 e. The number of carbonyl (C=O) groups is 1. The van der Waals surface area contributed by atoms with E-state index in [1.165, 1.54) is 12.1 Å². The van der Waals surface area contributed by atoms with Gasteiger partial charge in [-0.1, -0.05) is 0 Å². The molecule has 1 saturated heterocycles. The molecule has 0 radical (unpaired) electrons. The van der Waals surface area contributed by atoms with E-state index in [0.717, 1.165) is 36.4 Å². The fourth-order valence-corrected chi connectivity index (χ4v) is 5.09. The van der Waals surface area contributed by atoms with Crippen LogP contribution >= 0.6 is 0 Å². The van der Waals surface area contributed by atoms with Gasteiger partial charge in [0.2, 0.25) is 15.9 Å². The standard InChI is InChI=1S/C16H13F3N2O5S2/c17-16(18,19)11-1-3-12(4-2-11)20-28(25,26)14-7-5-13(6-8-14)21-15(22)9-10-27(21,23)24/h1-8,20H,9-10H2. The summed E-state index contributed by atoms with van der Waals surface area (Å²) in [5.74, 6) is -0.931. The molecule has 1 N–H and O–H groups in total. The maximum Gasteiger partial charge on any atom is 0.416 e. The molecule has 0 atom stereocenters. The van der Waals surface area contributed by atoms with Gasteiger partial charge in [0.1, 0.15) is 0 Å². The van der Waals surface area contributed by atoms with Gasteiger partial charge in [-0.05, 0) is 48.5 Å². The van der Waals surface area contributed by atoms with Crippen molar-refractivity contribution >= 4 is 37.3 Å². The predicted octanol–water partition coefficient (Wildman–Crippen LogP) is 2.57. The van der Waals surface area contributed by atoms with Crippen LogP contribution in [-0.2, 0) is 31.0 Å². The Morgan fingerprint density at radius 1 is 0.964 bits per heavy atom. The lowest BCUT2D eigenvalue weighted by Crippen LogP contribution is -2.29. The molecular formula is C16H13F3N2O5S2. The number of hydrogen-bond acceptors (Lipinski definition) is 5. The molecule has 0 aliphatic carbocycles. The Morgan fingerprint density at radius 3 is 2.00 bits per heavy atom. The quantitative estimate of drug-likeness (QED) is 0.797. The van der Waals surface area contributed by atoms with Crippen molar-refractivity contribution in [3.8, 4) is 0 Å². The van der Waals surface area contributed by atoms with Gasteiger partial charge in [-0.3, -0.25) is 9.52 Å². The van der Waals surface area contributed by atoms with Crippen LogP contribution in [0.2, 0.25) is 0 Å². The van der Waals surface area contributed by atoms with Crippen LogP contribution in [0.1, 0.15) is 12.0 Å². The topological polar surface area (TPSA) is 101 Å². The third kappa shape index (κ3) is 3.97. The second kappa shape index (κ2) is 6.78. The zero-order valence-electron chi connectivity index (χ0n) is 14.0. The van der Waals surface area contributed by atoms with Crippen molar-refractivity contribution < 1.29 is 34.8 Å². The average Bonchev–Trinajstić information content (AvgIpc) is 2.87. The Bertz CT molecular complexity index is 1110. The van der Waals surface area contributed by atoms with Crippen LogP contribution in [0.3, 0.4) is 0 Å². The number of rotatable bonds is 4. The third-order valence-electron chi connectivity index (χ3n) is 3.92. The summed E-state index contributed by atoms with van der Waals surface area (Å²) in [5, 5.41) is 0. The van der Waals surface area contributed by atoms with Gasteiger partial charge >= 0.3 is 6.18 Å². The highest BCUT2D eigenvalue weighted by Crippen LogP contribution is 2.30. The summed E-state index contributed by atoms with van der Waals surface area (Å²) in [6, 6.07) is 7.97. The summed E-state index contributed by atoms with van der Waals surface area (Å²) >= 11 is 0. The van der Waals surface area contributed by atoms with E-state index in [2.05, 4.69) is 4.72 Å². The van der Waals surface area contributed by atoms with Crippen molar-refractivity contribution in [3.63, 3.8) is 0 Å². The first-order valence-electron chi connectivity index (χ1n) is 7.76. The Labute approximate surface area is 158 Å². The van der Waals surface area contributed by atoms with Crippen molar-refractivity contribution in [2.45, 2.75) is 17.5 Å². The van der Waals surface area contributed by atoms with E-state index in [9.17, 15) is 34.8 Å². The molecule has 28 heavy (non-hydrogen) atoms. The molecule has 1 aliphatic rings. The maximum atomic E-state index is 12.6. The smallest absolute Gasteiger partial charge is 0.280 e. The van der Waals surface area contributed by atoms with E-state index in [-0.39, 0.29) is 28.4 Å². The Morgan fingerprint density at radius 2 is 1.54 bits per heavy atom. The Kier molecular flexibility index (Phi) is 4.88. The number of alkyl halides is 3. The fourth-order valence-electron chi connectivity index (χ4n) is 2.57. The zero-order chi connectivity index (χ0) is 20.7. The number of nitrogens with one attached hydrogen (secondary N) is 1. The lowest BCUT2D eigenvalue weighted by atomic mass is 10.2. The minimum absolute atomic E-state index is 0.0102. The maximum absolute atomic E-state index is 12.6. The minimum atomic E-state index is -4.54. The highest BCUT2D eigenvalue weighted by atomic mass is 32.2. The van der Waals surface area contributed by atoms with Gasteiger partial charge in [0.05, 0.1) is 21.9 Å². The van der Waals surface area contributed by atoms with Crippen LogP contribution in [0.5, 0.6) is 0 Å². The van der Waals surface area contributed by atoms with Crippen LogP contribution in [0.4, 0.5) is 24.5 Å². The molecule has 3 rings (SSSR count). The molecule has 0 saturated carbocycles. The molecule has 12 heteroatoms. The van der Waals surface area contributed by atoms with Gasteiger partial charge in [-0.15, -0.1) is 0 Å². The predicted molar refractivity (Wildman–Crippen MR) is 94.6 cm³/mol. The second-order valence-electron chi connectivity index (χ2n) is 5.90.